The summed E-state index contributed by atoms with van der Waals surface area (Å²) in [5.41, 5.74) is 2.58. The quantitative estimate of drug-likeness (QED) is 0.536. The largest absolute Gasteiger partial charge is 0.290 e. The molecular weight excluding hydrogens is 332 g/mol. The molecule has 0 radical (unpaired) electrons. The molecule has 2 aromatic carbocycles. The van der Waals surface area contributed by atoms with Crippen molar-refractivity contribution in [2.24, 2.45) is 0 Å². The second kappa shape index (κ2) is 6.39. The van der Waals surface area contributed by atoms with Crippen molar-refractivity contribution in [3.8, 4) is 23.1 Å². The van der Waals surface area contributed by atoms with Gasteiger partial charge in [-0.1, -0.05) is 48.0 Å². The van der Waals surface area contributed by atoms with Crippen molar-refractivity contribution in [3.05, 3.63) is 77.8 Å². The molecule has 0 fully saturated rings. The third kappa shape index (κ3) is 2.98. The number of hydrogen-bond acceptors (Lipinski definition) is 3. The van der Waals surface area contributed by atoms with E-state index in [-0.39, 0.29) is 6.42 Å². The summed E-state index contributed by atoms with van der Waals surface area (Å²) >= 11 is 5.99. The summed E-state index contributed by atoms with van der Waals surface area (Å²) < 4.78 is 1.87. The molecule has 4 aromatic rings. The lowest BCUT2D eigenvalue weighted by molar-refractivity contribution is 1.01. The molecule has 0 aliphatic carbocycles. The number of rotatable bonds is 3. The van der Waals surface area contributed by atoms with Gasteiger partial charge in [-0.05, 0) is 23.6 Å². The zero-order chi connectivity index (χ0) is 17.2. The van der Waals surface area contributed by atoms with Crippen LogP contribution in [0.2, 0.25) is 5.02 Å². The third-order valence-electron chi connectivity index (χ3n) is 4.00. The van der Waals surface area contributed by atoms with Gasteiger partial charge < -0.3 is 0 Å². The molecule has 0 saturated heterocycles. The highest BCUT2D eigenvalue weighted by molar-refractivity contribution is 6.30. The SMILES string of the molecule is N#CCc1cn(-c2nc(-c3ccc(Cl)cc3)cc3ccccc23)cn1. The fraction of sp³-hybridized carbons (Fsp3) is 0.0500. The van der Waals surface area contributed by atoms with Gasteiger partial charge in [0.1, 0.15) is 12.1 Å². The first-order valence-corrected chi connectivity index (χ1v) is 8.18. The van der Waals surface area contributed by atoms with Crippen molar-refractivity contribution in [2.45, 2.75) is 6.42 Å². The van der Waals surface area contributed by atoms with Crippen molar-refractivity contribution in [3.63, 3.8) is 0 Å². The number of imidazole rings is 1. The molecule has 0 spiro atoms. The first-order chi connectivity index (χ1) is 12.2. The van der Waals surface area contributed by atoms with Crippen LogP contribution in [-0.4, -0.2) is 14.5 Å². The maximum atomic E-state index is 8.86. The van der Waals surface area contributed by atoms with Crippen LogP contribution in [0.1, 0.15) is 5.69 Å². The number of hydrogen-bond donors (Lipinski definition) is 0. The summed E-state index contributed by atoms with van der Waals surface area (Å²) in [5, 5.41) is 11.7. The van der Waals surface area contributed by atoms with E-state index in [0.29, 0.717) is 5.02 Å². The number of aromatic nitrogens is 3. The smallest absolute Gasteiger partial charge is 0.146 e. The zero-order valence-electron chi connectivity index (χ0n) is 13.2. The van der Waals surface area contributed by atoms with E-state index >= 15 is 0 Å². The van der Waals surface area contributed by atoms with Crippen LogP contribution in [-0.2, 0) is 6.42 Å². The molecule has 0 bridgehead atoms. The van der Waals surface area contributed by atoms with Crippen LogP contribution < -0.4 is 0 Å². The molecule has 4 nitrogen and oxygen atoms in total. The van der Waals surface area contributed by atoms with Crippen LogP contribution in [0.4, 0.5) is 0 Å². The van der Waals surface area contributed by atoms with Crippen LogP contribution in [0.3, 0.4) is 0 Å². The van der Waals surface area contributed by atoms with E-state index in [1.165, 1.54) is 0 Å². The highest BCUT2D eigenvalue weighted by Crippen LogP contribution is 2.28. The van der Waals surface area contributed by atoms with E-state index in [2.05, 4.69) is 23.2 Å². The summed E-state index contributed by atoms with van der Waals surface area (Å²) in [6.07, 6.45) is 3.83. The number of nitrogens with zero attached hydrogens (tertiary/aromatic N) is 4. The number of fused-ring (bicyclic) bond motifs is 1. The van der Waals surface area contributed by atoms with Crippen LogP contribution in [0.25, 0.3) is 27.8 Å². The second-order valence-electron chi connectivity index (χ2n) is 5.67. The van der Waals surface area contributed by atoms with Gasteiger partial charge in [0.2, 0.25) is 0 Å². The molecule has 2 heterocycles. The maximum Gasteiger partial charge on any atom is 0.146 e. The number of benzene rings is 2. The number of halogens is 1. The highest BCUT2D eigenvalue weighted by Gasteiger charge is 2.10. The Hall–Kier alpha value is -3.16. The molecule has 0 unspecified atom stereocenters. The molecule has 0 atom stereocenters. The van der Waals surface area contributed by atoms with E-state index < -0.39 is 0 Å². The summed E-state index contributed by atoms with van der Waals surface area (Å²) in [6, 6.07) is 19.9. The molecular formula is C20H13ClN4. The van der Waals surface area contributed by atoms with Gasteiger partial charge in [-0.2, -0.15) is 5.26 Å². The second-order valence-corrected chi connectivity index (χ2v) is 6.10. The number of nitriles is 1. The molecule has 0 N–H and O–H groups in total. The Balaban J connectivity index is 1.92. The van der Waals surface area contributed by atoms with Gasteiger partial charge >= 0.3 is 0 Å². The minimum Gasteiger partial charge on any atom is -0.290 e. The molecule has 4 rings (SSSR count). The fourth-order valence-electron chi connectivity index (χ4n) is 2.80. The minimum atomic E-state index is 0.280. The molecule has 0 amide bonds. The lowest BCUT2D eigenvalue weighted by Gasteiger charge is -2.10. The molecule has 120 valence electrons. The predicted octanol–water partition coefficient (Wildman–Crippen LogP) is 4.81. The maximum absolute atomic E-state index is 8.86. The van der Waals surface area contributed by atoms with Gasteiger partial charge in [-0.3, -0.25) is 4.57 Å². The fourth-order valence-corrected chi connectivity index (χ4v) is 2.92. The Morgan fingerprint density at radius 1 is 1.08 bits per heavy atom. The molecule has 0 saturated carbocycles. The first-order valence-electron chi connectivity index (χ1n) is 7.80. The van der Waals surface area contributed by atoms with Crippen molar-refractivity contribution < 1.29 is 0 Å². The molecule has 2 aromatic heterocycles. The van der Waals surface area contributed by atoms with E-state index in [1.54, 1.807) is 6.33 Å². The van der Waals surface area contributed by atoms with Crippen molar-refractivity contribution in [2.75, 3.05) is 0 Å². The average molecular weight is 345 g/mol. The number of pyridine rings is 1. The predicted molar refractivity (Wildman–Crippen MR) is 98.6 cm³/mol. The lowest BCUT2D eigenvalue weighted by atomic mass is 10.1. The summed E-state index contributed by atoms with van der Waals surface area (Å²) in [5.74, 6) is 0.791. The van der Waals surface area contributed by atoms with Crippen LogP contribution in [0, 0.1) is 11.3 Å². The van der Waals surface area contributed by atoms with Gasteiger partial charge in [0.05, 0.1) is 23.9 Å². The topological polar surface area (TPSA) is 54.5 Å². The first kappa shape index (κ1) is 15.4. The van der Waals surface area contributed by atoms with Gasteiger partial charge in [0.15, 0.2) is 0 Å². The molecule has 5 heteroatoms. The van der Waals surface area contributed by atoms with E-state index in [1.807, 2.05) is 53.2 Å². The van der Waals surface area contributed by atoms with E-state index in [9.17, 15) is 0 Å². The van der Waals surface area contributed by atoms with E-state index in [0.717, 1.165) is 33.5 Å². The standard InChI is InChI=1S/C20H13ClN4/c21-16-7-5-14(6-8-16)19-11-15-3-1-2-4-18(15)20(24-19)25-12-17(9-10-22)23-13-25/h1-8,11-13H,9H2. The average Bonchev–Trinajstić information content (AvgIpc) is 3.10. The Kier molecular flexibility index (Phi) is 3.93. The lowest BCUT2D eigenvalue weighted by Crippen LogP contribution is -1.98. The zero-order valence-corrected chi connectivity index (χ0v) is 14.0. The van der Waals surface area contributed by atoms with Crippen molar-refractivity contribution >= 4 is 22.4 Å². The third-order valence-corrected chi connectivity index (χ3v) is 4.25. The Labute approximate surface area is 150 Å². The van der Waals surface area contributed by atoms with Gasteiger partial charge in [0.25, 0.3) is 0 Å². The molecule has 0 aliphatic heterocycles. The van der Waals surface area contributed by atoms with Gasteiger partial charge in [0, 0.05) is 22.2 Å². The van der Waals surface area contributed by atoms with Crippen molar-refractivity contribution in [1.82, 2.24) is 14.5 Å². The summed E-state index contributed by atoms with van der Waals surface area (Å²) in [4.78, 5) is 9.13. The molecule has 25 heavy (non-hydrogen) atoms. The summed E-state index contributed by atoms with van der Waals surface area (Å²) in [6.45, 7) is 0. The molecule has 0 aliphatic rings. The van der Waals surface area contributed by atoms with E-state index in [4.69, 9.17) is 21.8 Å². The highest BCUT2D eigenvalue weighted by atomic mass is 35.5. The Bertz CT molecular complexity index is 1090. The van der Waals surface area contributed by atoms with Crippen LogP contribution in [0.15, 0.2) is 67.1 Å². The Morgan fingerprint density at radius 3 is 2.68 bits per heavy atom. The summed E-state index contributed by atoms with van der Waals surface area (Å²) in [7, 11) is 0. The monoisotopic (exact) mass is 344 g/mol. The Morgan fingerprint density at radius 2 is 1.88 bits per heavy atom. The van der Waals surface area contributed by atoms with Crippen LogP contribution in [0.5, 0.6) is 0 Å². The minimum absolute atomic E-state index is 0.280. The van der Waals surface area contributed by atoms with Crippen LogP contribution >= 0.6 is 11.6 Å². The normalized spacial score (nSPS) is 10.7. The van der Waals surface area contributed by atoms with Crippen molar-refractivity contribution in [1.29, 1.82) is 5.26 Å². The van der Waals surface area contributed by atoms with Gasteiger partial charge in [-0.15, -0.1) is 0 Å². The van der Waals surface area contributed by atoms with Gasteiger partial charge in [-0.25, -0.2) is 9.97 Å².